The molecule has 0 radical (unpaired) electrons. The van der Waals surface area contributed by atoms with Crippen LogP contribution in [-0.2, 0) is 16.1 Å². The van der Waals surface area contributed by atoms with Crippen molar-refractivity contribution in [1.29, 1.82) is 0 Å². The quantitative estimate of drug-likeness (QED) is 0.786. The molecule has 0 saturated heterocycles. The summed E-state index contributed by atoms with van der Waals surface area (Å²) in [6.07, 6.45) is 0. The van der Waals surface area contributed by atoms with Gasteiger partial charge in [0, 0.05) is 17.1 Å². The molecule has 0 spiro atoms. The Bertz CT molecular complexity index is 894. The van der Waals surface area contributed by atoms with Crippen molar-refractivity contribution in [1.82, 2.24) is 10.6 Å². The summed E-state index contributed by atoms with van der Waals surface area (Å²) in [7, 11) is 1.54. The number of halogens is 2. The molecule has 25 heavy (non-hydrogen) atoms. The van der Waals surface area contributed by atoms with Crippen LogP contribution in [0, 0.1) is 0 Å². The lowest BCUT2D eigenvalue weighted by atomic mass is 10.0. The van der Waals surface area contributed by atoms with Gasteiger partial charge in [0.25, 0.3) is 11.8 Å². The fourth-order valence-corrected chi connectivity index (χ4v) is 3.07. The molecule has 1 aliphatic heterocycles. The molecule has 5 nitrogen and oxygen atoms in total. The topological polar surface area (TPSA) is 67.4 Å². The summed E-state index contributed by atoms with van der Waals surface area (Å²) < 4.78 is 5.11. The zero-order valence-corrected chi connectivity index (χ0v) is 14.7. The number of hydrogen-bond donors (Lipinski definition) is 2. The molecular formula is C18H14Cl2N2O3. The first-order valence-corrected chi connectivity index (χ1v) is 8.18. The lowest BCUT2D eigenvalue weighted by molar-refractivity contribution is -0.123. The van der Waals surface area contributed by atoms with Crippen molar-refractivity contribution in [3.8, 4) is 5.75 Å². The van der Waals surface area contributed by atoms with Gasteiger partial charge in [0.2, 0.25) is 0 Å². The zero-order valence-electron chi connectivity index (χ0n) is 13.2. The standard InChI is InChI=1S/C18H14Cl2N2O3/c1-25-14-7-6-10(8-13(14)20)9-21-16-15(17(23)22-18(16)24)11-4-2-3-5-12(11)19/h2-8H,9H2,1H3,(H2,21,22,23,24). The third-order valence-electron chi connectivity index (χ3n) is 3.76. The number of carbonyl (C=O) groups is 2. The number of methoxy groups -OCH3 is 1. The summed E-state index contributed by atoms with van der Waals surface area (Å²) in [6.45, 7) is 0.313. The fourth-order valence-electron chi connectivity index (χ4n) is 2.56. The molecule has 0 unspecified atom stereocenters. The highest BCUT2D eigenvalue weighted by Crippen LogP contribution is 2.29. The second-order valence-electron chi connectivity index (χ2n) is 5.34. The van der Waals surface area contributed by atoms with Crippen LogP contribution in [-0.4, -0.2) is 18.9 Å². The number of carbonyl (C=O) groups excluding carboxylic acids is 2. The molecule has 0 saturated carbocycles. The third-order valence-corrected chi connectivity index (χ3v) is 4.38. The van der Waals surface area contributed by atoms with Crippen LogP contribution in [0.4, 0.5) is 0 Å². The SMILES string of the molecule is COc1ccc(CNC2=C(c3ccccc3Cl)C(=O)NC2=O)cc1Cl. The van der Waals surface area contributed by atoms with E-state index >= 15 is 0 Å². The van der Waals surface area contributed by atoms with Crippen molar-refractivity contribution < 1.29 is 14.3 Å². The Morgan fingerprint density at radius 3 is 2.48 bits per heavy atom. The molecule has 3 rings (SSSR count). The number of amides is 2. The largest absolute Gasteiger partial charge is 0.495 e. The van der Waals surface area contributed by atoms with E-state index in [4.69, 9.17) is 27.9 Å². The van der Waals surface area contributed by atoms with Crippen molar-refractivity contribution in [3.05, 3.63) is 69.3 Å². The number of rotatable bonds is 5. The molecule has 7 heteroatoms. The van der Waals surface area contributed by atoms with Gasteiger partial charge in [-0.3, -0.25) is 14.9 Å². The van der Waals surface area contributed by atoms with Crippen LogP contribution >= 0.6 is 23.2 Å². The Labute approximate surface area is 154 Å². The summed E-state index contributed by atoms with van der Waals surface area (Å²) in [6, 6.07) is 12.2. The molecule has 1 aliphatic rings. The smallest absolute Gasteiger partial charge is 0.275 e. The maximum atomic E-state index is 12.2. The van der Waals surface area contributed by atoms with Gasteiger partial charge in [0.05, 0.1) is 17.7 Å². The number of imide groups is 1. The van der Waals surface area contributed by atoms with Gasteiger partial charge >= 0.3 is 0 Å². The van der Waals surface area contributed by atoms with Gasteiger partial charge in [0.1, 0.15) is 11.4 Å². The van der Waals surface area contributed by atoms with E-state index < -0.39 is 11.8 Å². The van der Waals surface area contributed by atoms with Crippen LogP contribution in [0.1, 0.15) is 11.1 Å². The van der Waals surface area contributed by atoms with Crippen LogP contribution in [0.2, 0.25) is 10.0 Å². The number of benzene rings is 2. The second-order valence-corrected chi connectivity index (χ2v) is 6.15. The van der Waals surface area contributed by atoms with Gasteiger partial charge in [-0.05, 0) is 23.8 Å². The second kappa shape index (κ2) is 7.17. The normalized spacial score (nSPS) is 13.9. The predicted molar refractivity (Wildman–Crippen MR) is 96.4 cm³/mol. The average Bonchev–Trinajstić information content (AvgIpc) is 2.87. The summed E-state index contributed by atoms with van der Waals surface area (Å²) >= 11 is 12.3. The van der Waals surface area contributed by atoms with Gasteiger partial charge < -0.3 is 10.1 Å². The zero-order chi connectivity index (χ0) is 18.0. The van der Waals surface area contributed by atoms with Crippen molar-refractivity contribution in [2.45, 2.75) is 6.54 Å². The Morgan fingerprint density at radius 1 is 1.04 bits per heavy atom. The van der Waals surface area contributed by atoms with Crippen LogP contribution in [0.25, 0.3) is 5.57 Å². The van der Waals surface area contributed by atoms with E-state index in [0.717, 1.165) is 5.56 Å². The Balaban J connectivity index is 1.90. The average molecular weight is 377 g/mol. The molecule has 1 heterocycles. The van der Waals surface area contributed by atoms with Gasteiger partial charge in [-0.25, -0.2) is 0 Å². The van der Waals surface area contributed by atoms with E-state index in [-0.39, 0.29) is 11.3 Å². The predicted octanol–water partition coefficient (Wildman–Crippen LogP) is 3.16. The third kappa shape index (κ3) is 3.48. The number of hydrogen-bond acceptors (Lipinski definition) is 4. The Hall–Kier alpha value is -2.50. The van der Waals surface area contributed by atoms with Crippen molar-refractivity contribution in [2.75, 3.05) is 7.11 Å². The van der Waals surface area contributed by atoms with E-state index in [1.807, 2.05) is 6.07 Å². The lowest BCUT2D eigenvalue weighted by Crippen LogP contribution is -2.27. The summed E-state index contributed by atoms with van der Waals surface area (Å²) in [5.74, 6) is -0.400. The highest BCUT2D eigenvalue weighted by Gasteiger charge is 2.32. The molecule has 2 aromatic rings. The molecule has 0 atom stereocenters. The minimum absolute atomic E-state index is 0.185. The highest BCUT2D eigenvalue weighted by atomic mass is 35.5. The molecule has 0 bridgehead atoms. The molecule has 2 N–H and O–H groups in total. The first-order chi connectivity index (χ1) is 12.0. The maximum Gasteiger partial charge on any atom is 0.275 e. The highest BCUT2D eigenvalue weighted by molar-refractivity contribution is 6.40. The summed E-state index contributed by atoms with van der Waals surface area (Å²) in [4.78, 5) is 24.3. The van der Waals surface area contributed by atoms with Crippen LogP contribution in [0.15, 0.2) is 48.2 Å². The lowest BCUT2D eigenvalue weighted by Gasteiger charge is -2.10. The number of ether oxygens (including phenoxy) is 1. The maximum absolute atomic E-state index is 12.2. The fraction of sp³-hybridized carbons (Fsp3) is 0.111. The Morgan fingerprint density at radius 2 is 1.80 bits per heavy atom. The molecule has 128 valence electrons. The number of nitrogens with one attached hydrogen (secondary N) is 2. The first-order valence-electron chi connectivity index (χ1n) is 7.42. The van der Waals surface area contributed by atoms with Crippen molar-refractivity contribution >= 4 is 40.6 Å². The molecule has 2 amide bonds. The Kier molecular flexibility index (Phi) is 4.97. The van der Waals surface area contributed by atoms with E-state index in [1.165, 1.54) is 7.11 Å². The van der Waals surface area contributed by atoms with Crippen LogP contribution < -0.4 is 15.4 Å². The molecule has 0 fully saturated rings. The summed E-state index contributed by atoms with van der Waals surface area (Å²) in [5.41, 5.74) is 1.76. The van der Waals surface area contributed by atoms with E-state index in [9.17, 15) is 9.59 Å². The first kappa shape index (κ1) is 17.3. The van der Waals surface area contributed by atoms with E-state index in [0.29, 0.717) is 27.9 Å². The minimum atomic E-state index is -0.487. The van der Waals surface area contributed by atoms with E-state index in [1.54, 1.807) is 36.4 Å². The minimum Gasteiger partial charge on any atom is -0.495 e. The monoisotopic (exact) mass is 376 g/mol. The van der Waals surface area contributed by atoms with Gasteiger partial charge in [-0.2, -0.15) is 0 Å². The molecular weight excluding hydrogens is 363 g/mol. The van der Waals surface area contributed by atoms with Crippen molar-refractivity contribution in [2.24, 2.45) is 0 Å². The van der Waals surface area contributed by atoms with Crippen LogP contribution in [0.3, 0.4) is 0 Å². The van der Waals surface area contributed by atoms with Gasteiger partial charge in [-0.15, -0.1) is 0 Å². The van der Waals surface area contributed by atoms with E-state index in [2.05, 4.69) is 10.6 Å². The summed E-state index contributed by atoms with van der Waals surface area (Å²) in [5, 5.41) is 6.16. The molecule has 0 aliphatic carbocycles. The van der Waals surface area contributed by atoms with Gasteiger partial charge in [0.15, 0.2) is 0 Å². The van der Waals surface area contributed by atoms with Gasteiger partial charge in [-0.1, -0.05) is 47.5 Å². The van der Waals surface area contributed by atoms with Crippen LogP contribution in [0.5, 0.6) is 5.75 Å². The van der Waals surface area contributed by atoms with Crippen molar-refractivity contribution in [3.63, 3.8) is 0 Å². The molecule has 0 aromatic heterocycles. The molecule has 2 aromatic carbocycles.